The van der Waals surface area contributed by atoms with Gasteiger partial charge in [0.2, 0.25) is 0 Å². The SMILES string of the molecule is COc1cc(C(=O)N2CC3CC4CC2[C@H]43)cc2nc(-c3cc4ccccc4n3CC3CC3)n(CC3CN(C(=O)c4cncs4)C3)c12. The summed E-state index contributed by atoms with van der Waals surface area (Å²) in [5.74, 6) is 4.92. The van der Waals surface area contributed by atoms with Gasteiger partial charge in [0, 0.05) is 61.1 Å². The van der Waals surface area contributed by atoms with Gasteiger partial charge in [0.05, 0.1) is 30.0 Å². The number of para-hydroxylation sites is 1. The van der Waals surface area contributed by atoms with Crippen LogP contribution in [-0.4, -0.2) is 73.5 Å². The maximum absolute atomic E-state index is 14.0. The minimum absolute atomic E-state index is 0.0490. The Balaban J connectivity index is 1.06. The van der Waals surface area contributed by atoms with Crippen molar-refractivity contribution in [1.82, 2.24) is 28.9 Å². The van der Waals surface area contributed by atoms with E-state index in [0.717, 1.165) is 53.9 Å². The number of carbonyl (C=O) groups excluding carboxylic acids is 2. The van der Waals surface area contributed by atoms with Crippen molar-refractivity contribution in [3.8, 4) is 17.3 Å². The van der Waals surface area contributed by atoms with Gasteiger partial charge in [-0.15, -0.1) is 11.3 Å². The van der Waals surface area contributed by atoms with E-state index in [2.05, 4.69) is 49.3 Å². The number of benzene rings is 2. The van der Waals surface area contributed by atoms with Crippen molar-refractivity contribution in [2.24, 2.45) is 29.6 Å². The first-order valence-electron chi connectivity index (χ1n) is 16.7. The Morgan fingerprint density at radius 1 is 0.957 bits per heavy atom. The zero-order chi connectivity index (χ0) is 30.7. The number of methoxy groups -OCH3 is 1. The Labute approximate surface area is 270 Å². The molecule has 234 valence electrons. The first kappa shape index (κ1) is 27.0. The molecule has 0 N–H and O–H groups in total. The fraction of sp³-hybridized carbons (Fsp3) is 0.444. The topological polar surface area (TPSA) is 85.5 Å². The van der Waals surface area contributed by atoms with Gasteiger partial charge in [0.15, 0.2) is 5.82 Å². The Hall–Kier alpha value is -4.18. The normalized spacial score (nSPS) is 25.0. The van der Waals surface area contributed by atoms with E-state index >= 15 is 0 Å². The Bertz CT molecular complexity index is 2040. The van der Waals surface area contributed by atoms with Crippen LogP contribution in [0.15, 0.2) is 54.2 Å². The molecule has 9 nitrogen and oxygen atoms in total. The summed E-state index contributed by atoms with van der Waals surface area (Å²) < 4.78 is 10.8. The molecule has 5 aliphatic rings. The molecular formula is C36H36N6O3S. The van der Waals surface area contributed by atoms with Crippen LogP contribution in [0, 0.1) is 29.6 Å². The second-order valence-corrected chi connectivity index (χ2v) is 15.2. The molecule has 2 saturated heterocycles. The number of thiazole rings is 1. The summed E-state index contributed by atoms with van der Waals surface area (Å²) in [5.41, 5.74) is 6.37. The van der Waals surface area contributed by atoms with Crippen LogP contribution in [0.3, 0.4) is 0 Å². The predicted molar refractivity (Wildman–Crippen MR) is 176 cm³/mol. The van der Waals surface area contributed by atoms with E-state index in [1.807, 2.05) is 17.0 Å². The van der Waals surface area contributed by atoms with Gasteiger partial charge in [-0.25, -0.2) is 4.98 Å². The fourth-order valence-electron chi connectivity index (χ4n) is 8.98. The molecule has 0 radical (unpaired) electrons. The molecule has 3 saturated carbocycles. The largest absolute Gasteiger partial charge is 0.494 e. The molecule has 5 aromatic rings. The lowest BCUT2D eigenvalue weighted by atomic mass is 9.53. The molecule has 3 aliphatic carbocycles. The molecule has 5 heterocycles. The van der Waals surface area contributed by atoms with Crippen molar-refractivity contribution in [3.63, 3.8) is 0 Å². The summed E-state index contributed by atoms with van der Waals surface area (Å²) in [4.78, 5) is 41.1. The number of carbonyl (C=O) groups is 2. The third-order valence-corrected chi connectivity index (χ3v) is 12.3. The summed E-state index contributed by atoms with van der Waals surface area (Å²) in [6.07, 6.45) is 6.60. The number of nitrogens with zero attached hydrogens (tertiary/aromatic N) is 6. The molecule has 5 fully saturated rings. The summed E-state index contributed by atoms with van der Waals surface area (Å²) >= 11 is 1.39. The third-order valence-electron chi connectivity index (χ3n) is 11.6. The van der Waals surface area contributed by atoms with Gasteiger partial charge >= 0.3 is 0 Å². The molecule has 3 unspecified atom stereocenters. The highest BCUT2D eigenvalue weighted by molar-refractivity contribution is 7.11. The highest BCUT2D eigenvalue weighted by Gasteiger charge is 2.61. The van der Waals surface area contributed by atoms with Crippen LogP contribution < -0.4 is 4.74 Å². The maximum atomic E-state index is 14.0. The van der Waals surface area contributed by atoms with Crippen LogP contribution in [0.25, 0.3) is 33.5 Å². The standard InChI is InChI=1S/C36H36N6O3S/c1-45-30-12-24(35(43)41-18-25-8-23-11-28(41)32(23)25)9-26-33(30)42(17-21-14-39(15-21)36(44)31-13-37-19-46-31)34(38-26)29-10-22-4-2-3-5-27(22)40(29)16-20-6-7-20/h2-5,9-10,12-13,19-21,23,25,28,32H,6-8,11,14-18H2,1H3/t23?,25?,28?,32-/m1/s1. The molecule has 10 heteroatoms. The van der Waals surface area contributed by atoms with Crippen LogP contribution >= 0.6 is 11.3 Å². The van der Waals surface area contributed by atoms with Crippen molar-refractivity contribution in [3.05, 3.63) is 64.6 Å². The monoisotopic (exact) mass is 632 g/mol. The highest BCUT2D eigenvalue weighted by Crippen LogP contribution is 2.60. The maximum Gasteiger partial charge on any atom is 0.265 e. The highest BCUT2D eigenvalue weighted by atomic mass is 32.1. The number of rotatable bonds is 8. The van der Waals surface area contributed by atoms with E-state index in [1.165, 1.54) is 41.5 Å². The summed E-state index contributed by atoms with van der Waals surface area (Å²) in [7, 11) is 1.69. The minimum atomic E-state index is 0.0490. The number of fused-ring (bicyclic) bond motifs is 2. The molecular weight excluding hydrogens is 597 g/mol. The van der Waals surface area contributed by atoms with Crippen LogP contribution in [-0.2, 0) is 13.1 Å². The predicted octanol–water partition coefficient (Wildman–Crippen LogP) is 5.79. The van der Waals surface area contributed by atoms with Crippen LogP contribution in [0.1, 0.15) is 45.7 Å². The fourth-order valence-corrected chi connectivity index (χ4v) is 9.57. The Morgan fingerprint density at radius 2 is 1.80 bits per heavy atom. The molecule has 2 aliphatic heterocycles. The van der Waals surface area contributed by atoms with Crippen molar-refractivity contribution >= 4 is 45.1 Å². The molecule has 0 bridgehead atoms. The van der Waals surface area contributed by atoms with E-state index in [4.69, 9.17) is 9.72 Å². The van der Waals surface area contributed by atoms with Gasteiger partial charge in [-0.2, -0.15) is 0 Å². The van der Waals surface area contributed by atoms with E-state index in [0.29, 0.717) is 53.7 Å². The van der Waals surface area contributed by atoms with Gasteiger partial charge in [0.25, 0.3) is 11.8 Å². The zero-order valence-corrected chi connectivity index (χ0v) is 26.7. The second kappa shape index (κ2) is 9.91. The van der Waals surface area contributed by atoms with E-state index in [-0.39, 0.29) is 17.7 Å². The molecule has 46 heavy (non-hydrogen) atoms. The molecule has 3 aromatic heterocycles. The summed E-state index contributed by atoms with van der Waals surface area (Å²) in [6.45, 7) is 3.91. The van der Waals surface area contributed by atoms with Crippen molar-refractivity contribution in [2.75, 3.05) is 26.7 Å². The first-order valence-corrected chi connectivity index (χ1v) is 17.6. The number of hydrogen-bond acceptors (Lipinski definition) is 6. The Kier molecular flexibility index (Phi) is 5.81. The number of aromatic nitrogens is 4. The number of hydrogen-bond donors (Lipinski definition) is 0. The summed E-state index contributed by atoms with van der Waals surface area (Å²) in [6, 6.07) is 15.2. The van der Waals surface area contributed by atoms with Crippen molar-refractivity contribution in [1.29, 1.82) is 0 Å². The number of amides is 2. The van der Waals surface area contributed by atoms with Crippen molar-refractivity contribution in [2.45, 2.75) is 44.8 Å². The van der Waals surface area contributed by atoms with Gasteiger partial charge in [-0.1, -0.05) is 18.2 Å². The Morgan fingerprint density at radius 3 is 2.57 bits per heavy atom. The van der Waals surface area contributed by atoms with Crippen LogP contribution in [0.2, 0.25) is 0 Å². The van der Waals surface area contributed by atoms with Gasteiger partial charge < -0.3 is 23.7 Å². The van der Waals surface area contributed by atoms with Gasteiger partial charge in [0.1, 0.15) is 16.1 Å². The lowest BCUT2D eigenvalue weighted by Crippen LogP contribution is -2.53. The molecule has 2 aromatic carbocycles. The summed E-state index contributed by atoms with van der Waals surface area (Å²) in [5, 5.41) is 1.20. The van der Waals surface area contributed by atoms with E-state index in [1.54, 1.807) is 18.8 Å². The van der Waals surface area contributed by atoms with Gasteiger partial charge in [-0.3, -0.25) is 14.6 Å². The van der Waals surface area contributed by atoms with E-state index < -0.39 is 0 Å². The molecule has 0 spiro atoms. The number of ether oxygens (including phenoxy) is 1. The lowest BCUT2D eigenvalue weighted by molar-refractivity contribution is -0.0204. The number of imidazole rings is 1. The quantitative estimate of drug-likeness (QED) is 0.216. The smallest absolute Gasteiger partial charge is 0.265 e. The molecule has 4 atom stereocenters. The first-order chi connectivity index (χ1) is 22.5. The zero-order valence-electron chi connectivity index (χ0n) is 25.8. The average molecular weight is 633 g/mol. The average Bonchev–Trinajstić information content (AvgIpc) is 3.35. The van der Waals surface area contributed by atoms with Gasteiger partial charge in [-0.05, 0) is 73.6 Å². The van der Waals surface area contributed by atoms with Crippen LogP contribution in [0.5, 0.6) is 5.75 Å². The second-order valence-electron chi connectivity index (χ2n) is 14.3. The number of likely N-dealkylation sites (tertiary alicyclic amines) is 2. The molecule has 2 amide bonds. The van der Waals surface area contributed by atoms with E-state index in [9.17, 15) is 9.59 Å². The lowest BCUT2D eigenvalue weighted by Gasteiger charge is -2.52. The van der Waals surface area contributed by atoms with Crippen LogP contribution in [0.4, 0.5) is 0 Å². The van der Waals surface area contributed by atoms with Crippen molar-refractivity contribution < 1.29 is 14.3 Å². The molecule has 10 rings (SSSR count). The minimum Gasteiger partial charge on any atom is -0.494 e. The third kappa shape index (κ3) is 3.98.